The first kappa shape index (κ1) is 31.8. The molecule has 2 heterocycles. The highest BCUT2D eigenvalue weighted by Crippen LogP contribution is 2.32. The topological polar surface area (TPSA) is 103 Å². The third-order valence-electron chi connectivity index (χ3n) is 7.49. The standard InChI is InChI=1S/C36H38N4O4S/c1-26(2)40-24-30(32-23-37-35(28-15-6-4-7-16-28)36(38-32)29-17-8-5-9-18-29)22-31(40)19-12-13-21-44-25-34(41)39-45(42,43)33-20-11-10-14-27(33)3/h4-11,14-18,20,22-24,26H,12-13,19,21,25H2,1-3H3,(H,39,41). The van der Waals surface area contributed by atoms with Gasteiger partial charge in [0.25, 0.3) is 15.9 Å². The molecular formula is C36H38N4O4S. The predicted octanol–water partition coefficient (Wildman–Crippen LogP) is 7.01. The molecule has 9 heteroatoms. The summed E-state index contributed by atoms with van der Waals surface area (Å²) in [5.41, 5.74) is 7.27. The fraction of sp³-hybridized carbons (Fsp3) is 0.250. The Bertz CT molecular complexity index is 1850. The van der Waals surface area contributed by atoms with Crippen molar-refractivity contribution in [3.63, 3.8) is 0 Å². The number of nitrogens with zero attached hydrogens (tertiary/aromatic N) is 3. The number of rotatable bonds is 13. The highest BCUT2D eigenvalue weighted by Gasteiger charge is 2.20. The van der Waals surface area contributed by atoms with Gasteiger partial charge in [-0.05, 0) is 57.7 Å². The number of nitrogens with one attached hydrogen (secondary N) is 1. The number of sulfonamides is 1. The minimum atomic E-state index is -3.93. The lowest BCUT2D eigenvalue weighted by atomic mass is 10.0. The largest absolute Gasteiger partial charge is 0.372 e. The fourth-order valence-corrected chi connectivity index (χ4v) is 6.46. The van der Waals surface area contributed by atoms with E-state index in [4.69, 9.17) is 14.7 Å². The van der Waals surface area contributed by atoms with Crippen LogP contribution in [-0.2, 0) is 26.0 Å². The van der Waals surface area contributed by atoms with Crippen LogP contribution >= 0.6 is 0 Å². The summed E-state index contributed by atoms with van der Waals surface area (Å²) in [6.07, 6.45) is 6.36. The monoisotopic (exact) mass is 622 g/mol. The molecule has 0 saturated carbocycles. The third-order valence-corrected chi connectivity index (χ3v) is 9.02. The number of aromatic nitrogens is 3. The van der Waals surface area contributed by atoms with Crippen LogP contribution in [0.4, 0.5) is 0 Å². The summed E-state index contributed by atoms with van der Waals surface area (Å²) in [5.74, 6) is -0.689. The van der Waals surface area contributed by atoms with E-state index in [-0.39, 0.29) is 17.5 Å². The van der Waals surface area contributed by atoms with E-state index in [2.05, 4.69) is 47.5 Å². The number of carbonyl (C=O) groups is 1. The summed E-state index contributed by atoms with van der Waals surface area (Å²) in [6.45, 7) is 6.02. The zero-order valence-electron chi connectivity index (χ0n) is 25.8. The molecular weight excluding hydrogens is 584 g/mol. The summed E-state index contributed by atoms with van der Waals surface area (Å²) in [7, 11) is -3.93. The molecule has 0 spiro atoms. The van der Waals surface area contributed by atoms with Crippen molar-refractivity contribution in [3.05, 3.63) is 115 Å². The normalized spacial score (nSPS) is 11.6. The van der Waals surface area contributed by atoms with Crippen molar-refractivity contribution in [2.24, 2.45) is 0 Å². The zero-order valence-corrected chi connectivity index (χ0v) is 26.6. The predicted molar refractivity (Wildman–Crippen MR) is 177 cm³/mol. The summed E-state index contributed by atoms with van der Waals surface area (Å²) in [6, 6.07) is 29.2. The van der Waals surface area contributed by atoms with E-state index in [9.17, 15) is 13.2 Å². The molecule has 0 fully saturated rings. The number of aryl methyl sites for hydroxylation is 2. The number of carbonyl (C=O) groups excluding carboxylic acids is 1. The average Bonchev–Trinajstić information content (AvgIpc) is 3.48. The van der Waals surface area contributed by atoms with E-state index in [0.717, 1.165) is 53.0 Å². The second kappa shape index (κ2) is 14.5. The van der Waals surface area contributed by atoms with Crippen LogP contribution in [0.2, 0.25) is 0 Å². The molecule has 2 aromatic heterocycles. The van der Waals surface area contributed by atoms with Crippen LogP contribution in [0.15, 0.2) is 108 Å². The van der Waals surface area contributed by atoms with Crippen molar-refractivity contribution in [1.29, 1.82) is 0 Å². The van der Waals surface area contributed by atoms with Gasteiger partial charge in [-0.15, -0.1) is 0 Å². The van der Waals surface area contributed by atoms with Crippen LogP contribution in [0, 0.1) is 6.92 Å². The minimum absolute atomic E-state index is 0.0836. The maximum Gasteiger partial charge on any atom is 0.264 e. The second-order valence-electron chi connectivity index (χ2n) is 11.2. The van der Waals surface area contributed by atoms with Gasteiger partial charge in [0.2, 0.25) is 0 Å². The average molecular weight is 623 g/mol. The number of benzene rings is 3. The van der Waals surface area contributed by atoms with Crippen LogP contribution in [0.3, 0.4) is 0 Å². The second-order valence-corrected chi connectivity index (χ2v) is 12.9. The van der Waals surface area contributed by atoms with E-state index < -0.39 is 15.9 Å². The maximum atomic E-state index is 12.5. The van der Waals surface area contributed by atoms with Crippen molar-refractivity contribution in [2.75, 3.05) is 13.2 Å². The molecule has 0 aliphatic carbocycles. The Morgan fingerprint density at radius 2 is 1.51 bits per heavy atom. The molecule has 1 amide bonds. The van der Waals surface area contributed by atoms with Gasteiger partial charge >= 0.3 is 0 Å². The van der Waals surface area contributed by atoms with E-state index in [1.54, 1.807) is 25.1 Å². The summed E-state index contributed by atoms with van der Waals surface area (Å²) >= 11 is 0. The molecule has 1 N–H and O–H groups in total. The van der Waals surface area contributed by atoms with Gasteiger partial charge in [-0.25, -0.2) is 18.1 Å². The van der Waals surface area contributed by atoms with Gasteiger partial charge in [0, 0.05) is 41.2 Å². The van der Waals surface area contributed by atoms with Crippen LogP contribution in [0.25, 0.3) is 33.8 Å². The Labute approximate surface area is 265 Å². The molecule has 0 aliphatic heterocycles. The molecule has 232 valence electrons. The number of hydrogen-bond donors (Lipinski definition) is 1. The maximum absolute atomic E-state index is 12.5. The molecule has 0 aliphatic rings. The van der Waals surface area contributed by atoms with Crippen molar-refractivity contribution in [2.45, 2.75) is 51.0 Å². The number of unbranched alkanes of at least 4 members (excludes halogenated alkanes) is 1. The highest BCUT2D eigenvalue weighted by molar-refractivity contribution is 7.90. The van der Waals surface area contributed by atoms with Crippen LogP contribution in [0.1, 0.15) is 44.0 Å². The quantitative estimate of drug-likeness (QED) is 0.142. The SMILES string of the molecule is Cc1ccccc1S(=O)(=O)NC(=O)COCCCCc1cc(-c2cnc(-c3ccccc3)c(-c3ccccc3)n2)cn1C(C)C. The van der Waals surface area contributed by atoms with E-state index in [1.165, 1.54) is 11.8 Å². The van der Waals surface area contributed by atoms with Gasteiger partial charge in [-0.2, -0.15) is 0 Å². The Kier molecular flexibility index (Phi) is 10.2. The first-order chi connectivity index (χ1) is 21.7. The Balaban J connectivity index is 1.22. The molecule has 0 atom stereocenters. The zero-order chi connectivity index (χ0) is 31.8. The summed E-state index contributed by atoms with van der Waals surface area (Å²) in [4.78, 5) is 22.3. The number of ether oxygens (including phenoxy) is 1. The minimum Gasteiger partial charge on any atom is -0.372 e. The molecule has 0 bridgehead atoms. The van der Waals surface area contributed by atoms with Crippen molar-refractivity contribution in [3.8, 4) is 33.8 Å². The molecule has 45 heavy (non-hydrogen) atoms. The lowest BCUT2D eigenvalue weighted by Crippen LogP contribution is -2.34. The first-order valence-corrected chi connectivity index (χ1v) is 16.6. The Morgan fingerprint density at radius 3 is 2.18 bits per heavy atom. The van der Waals surface area contributed by atoms with Crippen LogP contribution in [-0.4, -0.2) is 42.1 Å². The molecule has 0 unspecified atom stereocenters. The van der Waals surface area contributed by atoms with Gasteiger partial charge < -0.3 is 9.30 Å². The van der Waals surface area contributed by atoms with Crippen LogP contribution in [0.5, 0.6) is 0 Å². The van der Waals surface area contributed by atoms with E-state index in [0.29, 0.717) is 12.2 Å². The third kappa shape index (κ3) is 7.92. The molecule has 5 rings (SSSR count). The van der Waals surface area contributed by atoms with E-state index in [1.807, 2.05) is 54.7 Å². The van der Waals surface area contributed by atoms with Crippen molar-refractivity contribution in [1.82, 2.24) is 19.3 Å². The van der Waals surface area contributed by atoms with Crippen LogP contribution < -0.4 is 4.72 Å². The Hall–Kier alpha value is -4.60. The molecule has 0 saturated heterocycles. The van der Waals surface area contributed by atoms with Gasteiger partial charge in [-0.1, -0.05) is 78.9 Å². The molecule has 0 radical (unpaired) electrons. The molecule has 8 nitrogen and oxygen atoms in total. The summed E-state index contributed by atoms with van der Waals surface area (Å²) in [5, 5.41) is 0. The van der Waals surface area contributed by atoms with Gasteiger partial charge in [0.15, 0.2) is 0 Å². The van der Waals surface area contributed by atoms with Gasteiger partial charge in [0.05, 0.1) is 28.2 Å². The van der Waals surface area contributed by atoms with Crippen molar-refractivity contribution < 1.29 is 17.9 Å². The van der Waals surface area contributed by atoms with Crippen molar-refractivity contribution >= 4 is 15.9 Å². The Morgan fingerprint density at radius 1 is 0.867 bits per heavy atom. The highest BCUT2D eigenvalue weighted by atomic mass is 32.2. The lowest BCUT2D eigenvalue weighted by molar-refractivity contribution is -0.123. The number of hydrogen-bond acceptors (Lipinski definition) is 6. The fourth-order valence-electron chi connectivity index (χ4n) is 5.25. The smallest absolute Gasteiger partial charge is 0.264 e. The first-order valence-electron chi connectivity index (χ1n) is 15.1. The molecule has 3 aromatic carbocycles. The molecule has 5 aromatic rings. The summed E-state index contributed by atoms with van der Waals surface area (Å²) < 4.78 is 34.9. The van der Waals surface area contributed by atoms with Gasteiger partial charge in [-0.3, -0.25) is 9.78 Å². The van der Waals surface area contributed by atoms with Gasteiger partial charge in [0.1, 0.15) is 6.61 Å². The number of amides is 1. The lowest BCUT2D eigenvalue weighted by Gasteiger charge is -2.13. The van der Waals surface area contributed by atoms with E-state index >= 15 is 0 Å².